The van der Waals surface area contributed by atoms with E-state index in [0.717, 1.165) is 0 Å². The molecule has 0 aliphatic rings. The lowest BCUT2D eigenvalue weighted by molar-refractivity contribution is 0.103. The van der Waals surface area contributed by atoms with Crippen molar-refractivity contribution in [2.75, 3.05) is 14.2 Å². The van der Waals surface area contributed by atoms with Crippen molar-refractivity contribution in [1.82, 2.24) is 0 Å². The summed E-state index contributed by atoms with van der Waals surface area (Å²) in [5.41, 5.74) is 1.05. The molecule has 0 aliphatic carbocycles. The number of carbonyl (C=O) groups excluding carboxylic acids is 2. The van der Waals surface area contributed by atoms with Crippen LogP contribution in [0.5, 0.6) is 11.5 Å². The highest BCUT2D eigenvalue weighted by Gasteiger charge is 2.17. The lowest BCUT2D eigenvalue weighted by Crippen LogP contribution is -2.05. The van der Waals surface area contributed by atoms with E-state index in [1.807, 2.05) is 0 Å². The predicted molar refractivity (Wildman–Crippen MR) is 74.2 cm³/mol. The van der Waals surface area contributed by atoms with Gasteiger partial charge in [-0.3, -0.25) is 9.59 Å². The van der Waals surface area contributed by atoms with E-state index < -0.39 is 0 Å². The van der Waals surface area contributed by atoms with Crippen molar-refractivity contribution in [2.24, 2.45) is 0 Å². The van der Waals surface area contributed by atoms with Crippen molar-refractivity contribution in [1.29, 1.82) is 0 Å². The molecular formula is C16H13O4. The third kappa shape index (κ3) is 2.54. The van der Waals surface area contributed by atoms with E-state index in [1.165, 1.54) is 7.11 Å². The molecule has 4 nitrogen and oxygen atoms in total. The van der Waals surface area contributed by atoms with Crippen LogP contribution in [0.3, 0.4) is 0 Å². The largest absolute Gasteiger partial charge is 0.497 e. The number of benzene rings is 2. The molecule has 0 bridgehead atoms. The Morgan fingerprint density at radius 3 is 2.25 bits per heavy atom. The highest BCUT2D eigenvalue weighted by Crippen LogP contribution is 2.25. The second-order valence-corrected chi connectivity index (χ2v) is 4.05. The zero-order valence-electron chi connectivity index (χ0n) is 11.2. The van der Waals surface area contributed by atoms with Crippen LogP contribution in [0.2, 0.25) is 0 Å². The first-order chi connectivity index (χ1) is 9.71. The molecule has 0 spiro atoms. The van der Waals surface area contributed by atoms with Crippen LogP contribution in [0.1, 0.15) is 21.5 Å². The van der Waals surface area contributed by atoms with Gasteiger partial charge in [-0.05, 0) is 36.4 Å². The smallest absolute Gasteiger partial charge is 0.237 e. The minimum absolute atomic E-state index is 0.221. The molecule has 1 radical (unpaired) electrons. The Labute approximate surface area is 116 Å². The van der Waals surface area contributed by atoms with E-state index in [0.29, 0.717) is 16.9 Å². The number of hydrogen-bond donors (Lipinski definition) is 0. The van der Waals surface area contributed by atoms with Gasteiger partial charge in [-0.1, -0.05) is 6.07 Å². The molecule has 0 atom stereocenters. The van der Waals surface area contributed by atoms with Gasteiger partial charge in [0.15, 0.2) is 5.78 Å². The van der Waals surface area contributed by atoms with E-state index in [1.54, 1.807) is 55.9 Å². The minimum Gasteiger partial charge on any atom is -0.497 e. The molecule has 20 heavy (non-hydrogen) atoms. The van der Waals surface area contributed by atoms with Gasteiger partial charge >= 0.3 is 0 Å². The maximum absolute atomic E-state index is 12.4. The Morgan fingerprint density at radius 1 is 1.00 bits per heavy atom. The number of para-hydroxylation sites is 1. The molecule has 0 unspecified atom stereocenters. The highest BCUT2D eigenvalue weighted by molar-refractivity contribution is 6.11. The molecule has 2 aromatic carbocycles. The molecule has 0 saturated carbocycles. The third-order valence-electron chi connectivity index (χ3n) is 2.93. The van der Waals surface area contributed by atoms with Gasteiger partial charge in [0.1, 0.15) is 11.5 Å². The van der Waals surface area contributed by atoms with Crippen LogP contribution in [-0.2, 0) is 4.79 Å². The Bertz CT molecular complexity index is 629. The van der Waals surface area contributed by atoms with Crippen LogP contribution in [0.4, 0.5) is 0 Å². The van der Waals surface area contributed by atoms with Gasteiger partial charge in [0.05, 0.1) is 25.3 Å². The maximum Gasteiger partial charge on any atom is 0.237 e. The molecule has 2 rings (SSSR count). The summed E-state index contributed by atoms with van der Waals surface area (Å²) in [4.78, 5) is 23.3. The van der Waals surface area contributed by atoms with Gasteiger partial charge in [0.2, 0.25) is 6.29 Å². The summed E-state index contributed by atoms with van der Waals surface area (Å²) in [6, 6.07) is 11.5. The van der Waals surface area contributed by atoms with Gasteiger partial charge in [0, 0.05) is 5.56 Å². The molecule has 4 heteroatoms. The molecule has 0 amide bonds. The van der Waals surface area contributed by atoms with Gasteiger partial charge in [0.25, 0.3) is 0 Å². The zero-order chi connectivity index (χ0) is 14.5. The summed E-state index contributed by atoms with van der Waals surface area (Å²) >= 11 is 0. The number of ether oxygens (including phenoxy) is 2. The second kappa shape index (κ2) is 6.02. The Kier molecular flexibility index (Phi) is 4.15. The standard InChI is InChI=1S/C16H13O4/c1-19-13-8-6-11(7-9-13)15(18)14-5-3-4-12(10-17)16(14)20-2/h3-9H,1-2H3. The van der Waals surface area contributed by atoms with Crippen LogP contribution in [0, 0.1) is 0 Å². The summed E-state index contributed by atoms with van der Waals surface area (Å²) in [6.45, 7) is 0. The number of ketones is 1. The van der Waals surface area contributed by atoms with Gasteiger partial charge in [-0.15, -0.1) is 0 Å². The van der Waals surface area contributed by atoms with Crippen molar-refractivity contribution in [2.45, 2.75) is 0 Å². The first-order valence-electron chi connectivity index (χ1n) is 5.95. The topological polar surface area (TPSA) is 52.6 Å². The molecule has 101 valence electrons. The number of rotatable bonds is 5. The second-order valence-electron chi connectivity index (χ2n) is 4.05. The fourth-order valence-electron chi connectivity index (χ4n) is 1.91. The van der Waals surface area contributed by atoms with Crippen molar-refractivity contribution < 1.29 is 19.1 Å². The maximum atomic E-state index is 12.4. The summed E-state index contributed by atoms with van der Waals surface area (Å²) < 4.78 is 10.2. The molecule has 0 N–H and O–H groups in total. The molecule has 0 saturated heterocycles. The lowest BCUT2D eigenvalue weighted by atomic mass is 10.00. The quantitative estimate of drug-likeness (QED) is 0.782. The van der Waals surface area contributed by atoms with Crippen LogP contribution < -0.4 is 9.47 Å². The van der Waals surface area contributed by atoms with Gasteiger partial charge < -0.3 is 9.47 Å². The van der Waals surface area contributed by atoms with Crippen LogP contribution in [0.25, 0.3) is 0 Å². The summed E-state index contributed by atoms with van der Waals surface area (Å²) in [7, 11) is 2.98. The lowest BCUT2D eigenvalue weighted by Gasteiger charge is -2.09. The van der Waals surface area contributed by atoms with Crippen LogP contribution >= 0.6 is 0 Å². The van der Waals surface area contributed by atoms with E-state index in [4.69, 9.17) is 9.47 Å². The average molecular weight is 269 g/mol. The molecule has 0 aliphatic heterocycles. The number of methoxy groups -OCH3 is 2. The fraction of sp³-hybridized carbons (Fsp3) is 0.125. The average Bonchev–Trinajstić information content (AvgIpc) is 2.53. The van der Waals surface area contributed by atoms with E-state index in [-0.39, 0.29) is 17.1 Å². The summed E-state index contributed by atoms with van der Waals surface area (Å²) in [5.74, 6) is 0.688. The Balaban J connectivity index is 2.44. The Hall–Kier alpha value is -2.62. The van der Waals surface area contributed by atoms with Gasteiger partial charge in [-0.25, -0.2) is 0 Å². The van der Waals surface area contributed by atoms with Crippen molar-refractivity contribution in [3.05, 3.63) is 59.2 Å². The predicted octanol–water partition coefficient (Wildman–Crippen LogP) is 2.39. The zero-order valence-corrected chi connectivity index (χ0v) is 11.2. The molecule has 2 aromatic rings. The summed E-state index contributed by atoms with van der Waals surface area (Å²) in [6.07, 6.45) is 1.76. The SMILES string of the molecule is COc1ccc(C(=O)c2cccc([C]=O)c2OC)cc1. The minimum atomic E-state index is -0.221. The van der Waals surface area contributed by atoms with Crippen molar-refractivity contribution >= 4 is 12.1 Å². The molecule has 0 fully saturated rings. The molecule has 0 heterocycles. The highest BCUT2D eigenvalue weighted by atomic mass is 16.5. The third-order valence-corrected chi connectivity index (χ3v) is 2.93. The number of hydrogen-bond acceptors (Lipinski definition) is 4. The number of carbonyl (C=O) groups is 1. The molecule has 0 aromatic heterocycles. The normalized spacial score (nSPS) is 9.90. The van der Waals surface area contributed by atoms with Crippen LogP contribution in [0.15, 0.2) is 42.5 Å². The first kappa shape index (κ1) is 13.8. The molecular weight excluding hydrogens is 256 g/mol. The summed E-state index contributed by atoms with van der Waals surface area (Å²) in [5, 5.41) is 0. The van der Waals surface area contributed by atoms with Crippen molar-refractivity contribution in [3.8, 4) is 11.5 Å². The van der Waals surface area contributed by atoms with Crippen molar-refractivity contribution in [3.63, 3.8) is 0 Å². The van der Waals surface area contributed by atoms with Crippen LogP contribution in [-0.4, -0.2) is 26.3 Å². The van der Waals surface area contributed by atoms with E-state index >= 15 is 0 Å². The fourth-order valence-corrected chi connectivity index (χ4v) is 1.91. The first-order valence-corrected chi connectivity index (χ1v) is 5.95. The Morgan fingerprint density at radius 2 is 1.70 bits per heavy atom. The monoisotopic (exact) mass is 269 g/mol. The van der Waals surface area contributed by atoms with E-state index in [9.17, 15) is 9.59 Å². The van der Waals surface area contributed by atoms with Gasteiger partial charge in [-0.2, -0.15) is 0 Å². The van der Waals surface area contributed by atoms with E-state index in [2.05, 4.69) is 0 Å².